The topological polar surface area (TPSA) is 71.2 Å². The lowest BCUT2D eigenvalue weighted by Crippen LogP contribution is -2.27. The van der Waals surface area contributed by atoms with Crippen molar-refractivity contribution in [2.24, 2.45) is 5.92 Å². The van der Waals surface area contributed by atoms with Crippen molar-refractivity contribution < 1.29 is 5.11 Å². The molecule has 0 saturated carbocycles. The fourth-order valence-electron chi connectivity index (χ4n) is 1.43. The smallest absolute Gasteiger partial charge is 0.128 e. The molecule has 0 spiro atoms. The highest BCUT2D eigenvalue weighted by molar-refractivity contribution is 5.48. The molecule has 0 aliphatic carbocycles. The lowest BCUT2D eigenvalue weighted by molar-refractivity contribution is 0.267. The highest BCUT2D eigenvalue weighted by Gasteiger charge is 2.12. The van der Waals surface area contributed by atoms with Crippen molar-refractivity contribution in [3.63, 3.8) is 0 Å². The molecule has 15 heavy (non-hydrogen) atoms. The van der Waals surface area contributed by atoms with E-state index in [9.17, 15) is 0 Å². The number of nitrogens with zero attached hydrogens (tertiary/aromatic N) is 1. The second-order valence-corrected chi connectivity index (χ2v) is 3.98. The van der Waals surface area contributed by atoms with Crippen molar-refractivity contribution >= 4 is 11.5 Å². The Kier molecular flexibility index (Phi) is 4.37. The van der Waals surface area contributed by atoms with Crippen molar-refractivity contribution in [3.8, 4) is 0 Å². The zero-order chi connectivity index (χ0) is 11.3. The van der Waals surface area contributed by atoms with E-state index in [0.717, 1.165) is 5.82 Å². The van der Waals surface area contributed by atoms with Crippen molar-refractivity contribution in [2.75, 3.05) is 17.7 Å². The molecule has 0 amide bonds. The van der Waals surface area contributed by atoms with Crippen LogP contribution < -0.4 is 11.1 Å². The van der Waals surface area contributed by atoms with E-state index in [1.54, 1.807) is 18.3 Å². The lowest BCUT2D eigenvalue weighted by Gasteiger charge is -2.22. The number of hydrogen-bond donors (Lipinski definition) is 3. The molecule has 0 aromatic carbocycles. The van der Waals surface area contributed by atoms with Crippen LogP contribution in [0.25, 0.3) is 0 Å². The van der Waals surface area contributed by atoms with Crippen LogP contribution in [0.4, 0.5) is 11.5 Å². The maximum absolute atomic E-state index is 8.93. The molecule has 0 saturated heterocycles. The third-order valence-corrected chi connectivity index (χ3v) is 2.36. The predicted molar refractivity (Wildman–Crippen MR) is 62.6 cm³/mol. The number of pyridine rings is 1. The van der Waals surface area contributed by atoms with Crippen LogP contribution in [-0.2, 0) is 0 Å². The van der Waals surface area contributed by atoms with Crippen molar-refractivity contribution in [3.05, 3.63) is 18.3 Å². The van der Waals surface area contributed by atoms with Gasteiger partial charge in [0.2, 0.25) is 0 Å². The Morgan fingerprint density at radius 2 is 2.27 bits per heavy atom. The Bertz CT molecular complexity index is 302. The van der Waals surface area contributed by atoms with Crippen LogP contribution in [0, 0.1) is 5.92 Å². The first-order chi connectivity index (χ1) is 7.13. The number of rotatable bonds is 5. The van der Waals surface area contributed by atoms with Gasteiger partial charge in [-0.3, -0.25) is 0 Å². The number of hydrogen-bond acceptors (Lipinski definition) is 4. The number of aliphatic hydroxyl groups excluding tert-OH is 1. The van der Waals surface area contributed by atoms with Crippen LogP contribution in [0.1, 0.15) is 20.3 Å². The second-order valence-electron chi connectivity index (χ2n) is 3.98. The van der Waals surface area contributed by atoms with E-state index < -0.39 is 0 Å². The molecule has 1 atom stereocenters. The Hall–Kier alpha value is -1.29. The Morgan fingerprint density at radius 1 is 1.53 bits per heavy atom. The molecule has 84 valence electrons. The van der Waals surface area contributed by atoms with Crippen LogP contribution in [0.15, 0.2) is 18.3 Å². The fraction of sp³-hybridized carbons (Fsp3) is 0.545. The molecule has 1 heterocycles. The zero-order valence-electron chi connectivity index (χ0n) is 9.27. The summed E-state index contributed by atoms with van der Waals surface area (Å²) in [7, 11) is 0. The minimum Gasteiger partial charge on any atom is -0.399 e. The zero-order valence-corrected chi connectivity index (χ0v) is 9.27. The Morgan fingerprint density at radius 3 is 2.80 bits per heavy atom. The van der Waals surface area contributed by atoms with Gasteiger partial charge in [0.1, 0.15) is 5.82 Å². The summed E-state index contributed by atoms with van der Waals surface area (Å²) < 4.78 is 0. The van der Waals surface area contributed by atoms with E-state index >= 15 is 0 Å². The number of anilines is 2. The van der Waals surface area contributed by atoms with Gasteiger partial charge < -0.3 is 16.2 Å². The quantitative estimate of drug-likeness (QED) is 0.687. The van der Waals surface area contributed by atoms with E-state index in [-0.39, 0.29) is 12.6 Å². The van der Waals surface area contributed by atoms with Gasteiger partial charge in [-0.1, -0.05) is 13.8 Å². The first-order valence-corrected chi connectivity index (χ1v) is 5.22. The first kappa shape index (κ1) is 11.8. The standard InChI is InChI=1S/C11H19N3O/c1-8(2)10(4-6-15)14-11-7-9(12)3-5-13-11/h3,5,7-8,10,15H,4,6H2,1-2H3,(H3,12,13,14). The molecular weight excluding hydrogens is 190 g/mol. The monoisotopic (exact) mass is 209 g/mol. The van der Waals surface area contributed by atoms with Gasteiger partial charge in [0, 0.05) is 30.6 Å². The molecule has 4 N–H and O–H groups in total. The van der Waals surface area contributed by atoms with E-state index in [2.05, 4.69) is 24.1 Å². The maximum atomic E-state index is 8.93. The Balaban J connectivity index is 2.65. The third-order valence-electron chi connectivity index (χ3n) is 2.36. The largest absolute Gasteiger partial charge is 0.399 e. The second kappa shape index (κ2) is 5.56. The van der Waals surface area contributed by atoms with Crippen LogP contribution in [-0.4, -0.2) is 22.7 Å². The molecule has 0 aliphatic rings. The summed E-state index contributed by atoms with van der Waals surface area (Å²) in [6.07, 6.45) is 2.39. The number of aliphatic hydroxyl groups is 1. The first-order valence-electron chi connectivity index (χ1n) is 5.22. The summed E-state index contributed by atoms with van der Waals surface area (Å²) >= 11 is 0. The van der Waals surface area contributed by atoms with Gasteiger partial charge in [-0.25, -0.2) is 4.98 Å². The fourth-order valence-corrected chi connectivity index (χ4v) is 1.43. The molecule has 1 unspecified atom stereocenters. The van der Waals surface area contributed by atoms with Gasteiger partial charge in [0.15, 0.2) is 0 Å². The lowest BCUT2D eigenvalue weighted by atomic mass is 10.0. The van der Waals surface area contributed by atoms with Gasteiger partial charge in [0.05, 0.1) is 0 Å². The van der Waals surface area contributed by atoms with E-state index in [0.29, 0.717) is 18.0 Å². The minimum absolute atomic E-state index is 0.179. The van der Waals surface area contributed by atoms with Crippen LogP contribution in [0.5, 0.6) is 0 Å². The summed E-state index contributed by atoms with van der Waals surface area (Å²) in [6.45, 7) is 4.40. The average Bonchev–Trinajstić information content (AvgIpc) is 2.17. The highest BCUT2D eigenvalue weighted by atomic mass is 16.3. The molecule has 4 heteroatoms. The third kappa shape index (κ3) is 3.75. The van der Waals surface area contributed by atoms with Crippen LogP contribution in [0.2, 0.25) is 0 Å². The predicted octanol–water partition coefficient (Wildman–Crippen LogP) is 1.48. The molecule has 1 rings (SSSR count). The summed E-state index contributed by atoms with van der Waals surface area (Å²) in [6, 6.07) is 3.78. The highest BCUT2D eigenvalue weighted by Crippen LogP contribution is 2.14. The molecule has 0 fully saturated rings. The van der Waals surface area contributed by atoms with E-state index in [1.807, 2.05) is 0 Å². The molecule has 4 nitrogen and oxygen atoms in total. The SMILES string of the molecule is CC(C)C(CCO)Nc1cc(N)ccn1. The van der Waals surface area contributed by atoms with Crippen LogP contribution >= 0.6 is 0 Å². The van der Waals surface area contributed by atoms with E-state index in [1.165, 1.54) is 0 Å². The van der Waals surface area contributed by atoms with E-state index in [4.69, 9.17) is 10.8 Å². The van der Waals surface area contributed by atoms with Crippen molar-refractivity contribution in [2.45, 2.75) is 26.3 Å². The normalized spacial score (nSPS) is 12.8. The molecule has 0 aliphatic heterocycles. The van der Waals surface area contributed by atoms with Crippen LogP contribution in [0.3, 0.4) is 0 Å². The summed E-state index contributed by atoms with van der Waals surface area (Å²) in [5.74, 6) is 1.21. The molecule has 0 bridgehead atoms. The number of aromatic nitrogens is 1. The van der Waals surface area contributed by atoms with Crippen molar-refractivity contribution in [1.29, 1.82) is 0 Å². The number of nitrogen functional groups attached to an aromatic ring is 1. The van der Waals surface area contributed by atoms with Gasteiger partial charge in [0.25, 0.3) is 0 Å². The Labute approximate surface area is 90.5 Å². The summed E-state index contributed by atoms with van der Waals surface area (Å²) in [4.78, 5) is 4.17. The van der Waals surface area contributed by atoms with Gasteiger partial charge in [-0.2, -0.15) is 0 Å². The van der Waals surface area contributed by atoms with Gasteiger partial charge in [-0.05, 0) is 18.4 Å². The average molecular weight is 209 g/mol. The maximum Gasteiger partial charge on any atom is 0.128 e. The molecule has 1 aromatic heterocycles. The summed E-state index contributed by atoms with van der Waals surface area (Å²) in [5, 5.41) is 12.2. The van der Waals surface area contributed by atoms with Gasteiger partial charge in [-0.15, -0.1) is 0 Å². The van der Waals surface area contributed by atoms with Crippen molar-refractivity contribution in [1.82, 2.24) is 4.98 Å². The number of nitrogens with one attached hydrogen (secondary N) is 1. The van der Waals surface area contributed by atoms with Gasteiger partial charge >= 0.3 is 0 Å². The molecule has 1 aromatic rings. The minimum atomic E-state index is 0.179. The molecular formula is C11H19N3O. The molecule has 0 radical (unpaired) electrons. The summed E-state index contributed by atoms with van der Waals surface area (Å²) in [5.41, 5.74) is 6.35. The number of nitrogens with two attached hydrogens (primary N) is 1.